The minimum atomic E-state index is -0.567. The van der Waals surface area contributed by atoms with E-state index < -0.39 is 11.4 Å². The number of esters is 1. The van der Waals surface area contributed by atoms with Gasteiger partial charge in [-0.2, -0.15) is 0 Å². The molecule has 0 aliphatic carbocycles. The number of carbonyl (C=O) groups excluding carboxylic acids is 2. The molecule has 0 unspecified atom stereocenters. The van der Waals surface area contributed by atoms with Crippen molar-refractivity contribution in [2.75, 3.05) is 25.6 Å². The van der Waals surface area contributed by atoms with E-state index >= 15 is 0 Å². The van der Waals surface area contributed by atoms with E-state index in [2.05, 4.69) is 10.1 Å². The Morgan fingerprint density at radius 2 is 1.91 bits per heavy atom. The van der Waals surface area contributed by atoms with Gasteiger partial charge in [-0.15, -0.1) is 12.4 Å². The van der Waals surface area contributed by atoms with Crippen LogP contribution in [0.5, 0.6) is 5.75 Å². The summed E-state index contributed by atoms with van der Waals surface area (Å²) in [4.78, 5) is 23.5. The van der Waals surface area contributed by atoms with Crippen molar-refractivity contribution in [1.29, 1.82) is 0 Å². The molecule has 0 fully saturated rings. The van der Waals surface area contributed by atoms with E-state index in [-0.39, 0.29) is 24.9 Å². The largest absolute Gasteiger partial charge is 0.482 e. The lowest BCUT2D eigenvalue weighted by molar-refractivity contribution is -0.142. The van der Waals surface area contributed by atoms with Crippen LogP contribution >= 0.6 is 12.4 Å². The maximum atomic E-state index is 12.4. The molecule has 0 bridgehead atoms. The number of hydrogen-bond donors (Lipinski definition) is 2. The summed E-state index contributed by atoms with van der Waals surface area (Å²) in [5, 5.41) is 2.86. The molecule has 1 aromatic rings. The van der Waals surface area contributed by atoms with E-state index in [1.165, 1.54) is 7.11 Å². The molecule has 1 aromatic carbocycles. The molecule has 7 heteroatoms. The van der Waals surface area contributed by atoms with Crippen LogP contribution in [-0.2, 0) is 14.3 Å². The number of hydrogen-bond acceptors (Lipinski definition) is 5. The molecule has 3 N–H and O–H groups in total. The molecule has 0 heterocycles. The highest BCUT2D eigenvalue weighted by atomic mass is 35.5. The second-order valence-electron chi connectivity index (χ2n) is 5.04. The summed E-state index contributed by atoms with van der Waals surface area (Å²) in [6, 6.07) is 6.86. The topological polar surface area (TPSA) is 90.7 Å². The molecule has 1 rings (SSSR count). The first-order valence-corrected chi connectivity index (χ1v) is 7.32. The van der Waals surface area contributed by atoms with Gasteiger partial charge >= 0.3 is 5.97 Å². The third-order valence-electron chi connectivity index (χ3n) is 3.90. The average molecular weight is 345 g/mol. The maximum Gasteiger partial charge on any atom is 0.343 e. The number of benzene rings is 1. The maximum absolute atomic E-state index is 12.4. The van der Waals surface area contributed by atoms with Gasteiger partial charge in [-0.05, 0) is 25.0 Å². The standard InChI is InChI=1S/C16H24N2O4.ClH/c1-4-16(5-2,11-17)15(20)18-12-7-6-8-13(9-12)22-10-14(19)21-3;/h6-9H,4-5,10-11,17H2,1-3H3,(H,18,20);1H. The number of ether oxygens (including phenoxy) is 2. The molecule has 23 heavy (non-hydrogen) atoms. The van der Waals surface area contributed by atoms with E-state index in [1.807, 2.05) is 13.8 Å². The Bertz CT molecular complexity index is 510. The number of anilines is 1. The summed E-state index contributed by atoms with van der Waals surface area (Å²) in [5.41, 5.74) is 5.81. The molecule has 1 amide bonds. The van der Waals surface area contributed by atoms with Crippen LogP contribution in [0.1, 0.15) is 26.7 Å². The van der Waals surface area contributed by atoms with Crippen molar-refractivity contribution in [1.82, 2.24) is 0 Å². The first kappa shape index (κ1) is 21.2. The normalized spacial score (nSPS) is 10.4. The Labute approximate surface area is 143 Å². The number of amides is 1. The number of rotatable bonds is 8. The van der Waals surface area contributed by atoms with E-state index in [4.69, 9.17) is 10.5 Å². The second kappa shape index (κ2) is 10.1. The molecule has 130 valence electrons. The molecule has 0 atom stereocenters. The van der Waals surface area contributed by atoms with Crippen molar-refractivity contribution in [3.8, 4) is 5.75 Å². The molecule has 0 spiro atoms. The van der Waals surface area contributed by atoms with Crippen LogP contribution < -0.4 is 15.8 Å². The third-order valence-corrected chi connectivity index (χ3v) is 3.90. The van der Waals surface area contributed by atoms with Crippen LogP contribution in [0, 0.1) is 5.41 Å². The number of carbonyl (C=O) groups is 2. The van der Waals surface area contributed by atoms with Gasteiger partial charge in [0.05, 0.1) is 12.5 Å². The lowest BCUT2D eigenvalue weighted by Crippen LogP contribution is -2.41. The van der Waals surface area contributed by atoms with Crippen molar-refractivity contribution in [3.63, 3.8) is 0 Å². The number of halogens is 1. The highest BCUT2D eigenvalue weighted by Crippen LogP contribution is 2.27. The van der Waals surface area contributed by atoms with E-state index in [1.54, 1.807) is 24.3 Å². The molecule has 0 aliphatic rings. The minimum absolute atomic E-state index is 0. The van der Waals surface area contributed by atoms with Gasteiger partial charge in [-0.1, -0.05) is 19.9 Å². The number of nitrogens with two attached hydrogens (primary N) is 1. The molecule has 0 saturated heterocycles. The summed E-state index contributed by atoms with van der Waals surface area (Å²) in [5.74, 6) is -0.0896. The zero-order valence-electron chi connectivity index (χ0n) is 13.8. The zero-order valence-corrected chi connectivity index (χ0v) is 14.6. The van der Waals surface area contributed by atoms with Crippen LogP contribution in [0.15, 0.2) is 24.3 Å². The Kier molecular flexibility index (Phi) is 9.29. The number of nitrogens with one attached hydrogen (secondary N) is 1. The quantitative estimate of drug-likeness (QED) is 0.706. The predicted octanol–water partition coefficient (Wildman–Crippen LogP) is 2.36. The second-order valence-corrected chi connectivity index (χ2v) is 5.04. The SMILES string of the molecule is CCC(CC)(CN)C(=O)Nc1cccc(OCC(=O)OC)c1.Cl. The van der Waals surface area contributed by atoms with Crippen LogP contribution in [0.25, 0.3) is 0 Å². The highest BCUT2D eigenvalue weighted by Gasteiger charge is 2.33. The summed E-state index contributed by atoms with van der Waals surface area (Å²) in [6.07, 6.45) is 1.34. The molecular formula is C16H25ClN2O4. The fourth-order valence-corrected chi connectivity index (χ4v) is 2.08. The molecular weight excluding hydrogens is 320 g/mol. The first-order valence-electron chi connectivity index (χ1n) is 7.32. The van der Waals surface area contributed by atoms with Gasteiger partial charge in [0.2, 0.25) is 5.91 Å². The fourth-order valence-electron chi connectivity index (χ4n) is 2.08. The fraction of sp³-hybridized carbons (Fsp3) is 0.500. The summed E-state index contributed by atoms with van der Waals surface area (Å²) < 4.78 is 9.80. The Morgan fingerprint density at radius 1 is 1.26 bits per heavy atom. The molecule has 0 aromatic heterocycles. The van der Waals surface area contributed by atoms with Gasteiger partial charge in [0, 0.05) is 18.3 Å². The monoisotopic (exact) mass is 344 g/mol. The van der Waals surface area contributed by atoms with Crippen molar-refractivity contribution < 1.29 is 19.1 Å². The van der Waals surface area contributed by atoms with Gasteiger partial charge in [-0.25, -0.2) is 4.79 Å². The van der Waals surface area contributed by atoms with Crippen LogP contribution in [-0.4, -0.2) is 32.1 Å². The minimum Gasteiger partial charge on any atom is -0.482 e. The molecule has 0 saturated carbocycles. The van der Waals surface area contributed by atoms with E-state index in [9.17, 15) is 9.59 Å². The lowest BCUT2D eigenvalue weighted by atomic mass is 9.81. The van der Waals surface area contributed by atoms with Crippen LogP contribution in [0.3, 0.4) is 0 Å². The zero-order chi connectivity index (χ0) is 16.6. The van der Waals surface area contributed by atoms with Gasteiger partial charge in [0.1, 0.15) is 5.75 Å². The molecule has 0 aliphatic heterocycles. The van der Waals surface area contributed by atoms with E-state index in [0.717, 1.165) is 0 Å². The Hall–Kier alpha value is -1.79. The summed E-state index contributed by atoms with van der Waals surface area (Å²) >= 11 is 0. The van der Waals surface area contributed by atoms with Crippen LogP contribution in [0.4, 0.5) is 5.69 Å². The third kappa shape index (κ3) is 5.73. The van der Waals surface area contributed by atoms with Crippen molar-refractivity contribution in [3.05, 3.63) is 24.3 Å². The Morgan fingerprint density at radius 3 is 2.43 bits per heavy atom. The van der Waals surface area contributed by atoms with Gasteiger partial charge in [-0.3, -0.25) is 4.79 Å². The van der Waals surface area contributed by atoms with Crippen molar-refractivity contribution in [2.24, 2.45) is 11.1 Å². The summed E-state index contributed by atoms with van der Waals surface area (Å²) in [6.45, 7) is 4.02. The highest BCUT2D eigenvalue weighted by molar-refractivity contribution is 5.95. The summed E-state index contributed by atoms with van der Waals surface area (Å²) in [7, 11) is 1.30. The number of methoxy groups -OCH3 is 1. The lowest BCUT2D eigenvalue weighted by Gasteiger charge is -2.28. The van der Waals surface area contributed by atoms with Crippen LogP contribution in [0.2, 0.25) is 0 Å². The van der Waals surface area contributed by atoms with Gasteiger partial charge < -0.3 is 20.5 Å². The molecule has 0 radical (unpaired) electrons. The predicted molar refractivity (Wildman–Crippen MR) is 91.9 cm³/mol. The first-order chi connectivity index (χ1) is 10.5. The van der Waals surface area contributed by atoms with Crippen molar-refractivity contribution >= 4 is 30.0 Å². The van der Waals surface area contributed by atoms with E-state index in [0.29, 0.717) is 30.8 Å². The molecule has 6 nitrogen and oxygen atoms in total. The average Bonchev–Trinajstić information content (AvgIpc) is 2.55. The smallest absolute Gasteiger partial charge is 0.343 e. The van der Waals surface area contributed by atoms with Crippen molar-refractivity contribution in [2.45, 2.75) is 26.7 Å². The van der Waals surface area contributed by atoms with Gasteiger partial charge in [0.25, 0.3) is 0 Å². The van der Waals surface area contributed by atoms with Gasteiger partial charge in [0.15, 0.2) is 6.61 Å². The Balaban J connectivity index is 0.00000484.